The summed E-state index contributed by atoms with van der Waals surface area (Å²) in [5, 5.41) is 8.62. The highest BCUT2D eigenvalue weighted by Crippen LogP contribution is 2.15. The van der Waals surface area contributed by atoms with Gasteiger partial charge in [0.25, 0.3) is 0 Å². The molecule has 1 N–H and O–H groups in total. The minimum atomic E-state index is -2.60. The molecule has 0 fully saturated rings. The van der Waals surface area contributed by atoms with Crippen molar-refractivity contribution in [2.24, 2.45) is 0 Å². The lowest BCUT2D eigenvalue weighted by atomic mass is 10.2. The van der Waals surface area contributed by atoms with E-state index in [1.54, 1.807) is 0 Å². The van der Waals surface area contributed by atoms with Crippen LogP contribution in [0.2, 0.25) is 5.15 Å². The quantitative estimate of drug-likeness (QED) is 0.599. The molecule has 1 aromatic rings. The van der Waals surface area contributed by atoms with Crippen molar-refractivity contribution in [1.29, 1.82) is 0 Å². The minimum Gasteiger partial charge on any atom is -0.481 e. The van der Waals surface area contributed by atoms with Gasteiger partial charge in [0.1, 0.15) is 15.9 Å². The van der Waals surface area contributed by atoms with E-state index in [1.807, 2.05) is 0 Å². The van der Waals surface area contributed by atoms with Gasteiger partial charge in [0, 0.05) is 11.8 Å². The molecule has 15 heavy (non-hydrogen) atoms. The van der Waals surface area contributed by atoms with Crippen molar-refractivity contribution in [2.75, 3.05) is 0 Å². The van der Waals surface area contributed by atoms with Gasteiger partial charge in [0.05, 0.1) is 12.2 Å². The summed E-state index contributed by atoms with van der Waals surface area (Å²) in [6.45, 7) is 0. The third-order valence-corrected chi connectivity index (χ3v) is 2.56. The molecule has 0 aliphatic carbocycles. The first-order chi connectivity index (χ1) is 6.99. The average Bonchev–Trinajstić information content (AvgIpc) is 2.09. The minimum absolute atomic E-state index is 0.0864. The first-order valence-electron chi connectivity index (χ1n) is 3.96. The number of aliphatic carboxylic acids is 1. The van der Waals surface area contributed by atoms with Crippen LogP contribution in [-0.4, -0.2) is 24.5 Å². The molecule has 7 heteroatoms. The summed E-state index contributed by atoms with van der Waals surface area (Å²) in [5.41, 5.74) is 0.755. The molecule has 0 aliphatic heterocycles. The maximum Gasteiger partial charge on any atom is 0.307 e. The van der Waals surface area contributed by atoms with Gasteiger partial charge in [0.2, 0.25) is 0 Å². The number of carboxylic acid groups (broad SMARTS) is 1. The Balaban J connectivity index is 2.99. The van der Waals surface area contributed by atoms with Gasteiger partial charge in [-0.05, 0) is 11.6 Å². The molecular formula is C8H8ClNO4S. The van der Waals surface area contributed by atoms with Crippen LogP contribution in [0.25, 0.3) is 0 Å². The van der Waals surface area contributed by atoms with Crippen molar-refractivity contribution in [3.8, 4) is 0 Å². The summed E-state index contributed by atoms with van der Waals surface area (Å²) in [4.78, 5) is 14.1. The van der Waals surface area contributed by atoms with E-state index in [0.717, 1.165) is 0 Å². The fraction of sp³-hybridized carbons (Fsp3) is 0.250. The molecule has 0 aromatic carbocycles. The fourth-order valence-corrected chi connectivity index (χ4v) is 1.85. The third-order valence-electron chi connectivity index (χ3n) is 1.62. The lowest BCUT2D eigenvalue weighted by Crippen LogP contribution is -2.02. The second-order valence-corrected chi connectivity index (χ2v) is 4.19. The molecule has 0 spiro atoms. The fourth-order valence-electron chi connectivity index (χ4n) is 1.06. The van der Waals surface area contributed by atoms with Crippen LogP contribution in [0.5, 0.6) is 0 Å². The monoisotopic (exact) mass is 249 g/mol. The van der Waals surface area contributed by atoms with Crippen LogP contribution in [0.15, 0.2) is 12.3 Å². The molecule has 0 amide bonds. The highest BCUT2D eigenvalue weighted by molar-refractivity contribution is 7.71. The summed E-state index contributed by atoms with van der Waals surface area (Å²) in [6.07, 6.45) is 1.12. The predicted octanol–water partition coefficient (Wildman–Crippen LogP) is 0.474. The second kappa shape index (κ2) is 5.09. The number of rotatable bonds is 4. The first-order valence-corrected chi connectivity index (χ1v) is 5.70. The Morgan fingerprint density at radius 1 is 1.53 bits per heavy atom. The predicted molar refractivity (Wildman–Crippen MR) is 54.6 cm³/mol. The highest BCUT2D eigenvalue weighted by Gasteiger charge is 2.07. The van der Waals surface area contributed by atoms with Gasteiger partial charge in [-0.15, -0.1) is 0 Å². The molecule has 82 valence electrons. The summed E-state index contributed by atoms with van der Waals surface area (Å²) < 4.78 is 21.0. The Bertz CT molecular complexity index is 450. The van der Waals surface area contributed by atoms with Crippen molar-refractivity contribution < 1.29 is 18.3 Å². The number of carbonyl (C=O) groups is 1. The maximum absolute atomic E-state index is 10.5. The SMILES string of the molecule is O=C(O)Cc1cnc(Cl)c(C[SH](=O)=O)c1. The highest BCUT2D eigenvalue weighted by atomic mass is 35.5. The molecule has 0 saturated carbocycles. The smallest absolute Gasteiger partial charge is 0.307 e. The zero-order chi connectivity index (χ0) is 11.4. The topological polar surface area (TPSA) is 84.3 Å². The van der Waals surface area contributed by atoms with E-state index in [9.17, 15) is 13.2 Å². The first kappa shape index (κ1) is 11.9. The summed E-state index contributed by atoms with van der Waals surface area (Å²) in [7, 11) is -2.60. The summed E-state index contributed by atoms with van der Waals surface area (Å²) in [5.74, 6) is -1.23. The van der Waals surface area contributed by atoms with E-state index < -0.39 is 16.7 Å². The summed E-state index contributed by atoms with van der Waals surface area (Å²) >= 11 is 5.65. The molecule has 5 nitrogen and oxygen atoms in total. The van der Waals surface area contributed by atoms with Crippen molar-refractivity contribution in [1.82, 2.24) is 4.98 Å². The number of pyridine rings is 1. The van der Waals surface area contributed by atoms with Crippen LogP contribution in [0.1, 0.15) is 11.1 Å². The molecule has 1 heterocycles. The van der Waals surface area contributed by atoms with Crippen LogP contribution in [0, 0.1) is 0 Å². The van der Waals surface area contributed by atoms with Gasteiger partial charge in [0.15, 0.2) is 0 Å². The molecule has 0 atom stereocenters. The Labute approximate surface area is 92.7 Å². The molecule has 1 aromatic heterocycles. The van der Waals surface area contributed by atoms with E-state index in [-0.39, 0.29) is 17.3 Å². The third kappa shape index (κ3) is 3.85. The van der Waals surface area contributed by atoms with E-state index in [0.29, 0.717) is 11.1 Å². The zero-order valence-corrected chi connectivity index (χ0v) is 9.16. The number of carboxylic acids is 1. The number of aromatic nitrogens is 1. The molecule has 0 bridgehead atoms. The lowest BCUT2D eigenvalue weighted by molar-refractivity contribution is -0.136. The van der Waals surface area contributed by atoms with Crippen LogP contribution in [0.4, 0.5) is 0 Å². The normalized spacial score (nSPS) is 10.5. The summed E-state index contributed by atoms with van der Waals surface area (Å²) in [6, 6.07) is 1.44. The van der Waals surface area contributed by atoms with Crippen molar-refractivity contribution >= 4 is 28.3 Å². The molecule has 0 aliphatic rings. The van der Waals surface area contributed by atoms with Crippen molar-refractivity contribution in [3.05, 3.63) is 28.5 Å². The number of nitrogens with zero attached hydrogens (tertiary/aromatic N) is 1. The van der Waals surface area contributed by atoms with Crippen molar-refractivity contribution in [2.45, 2.75) is 12.2 Å². The Hall–Kier alpha value is -1.14. The Kier molecular flexibility index (Phi) is 4.05. The lowest BCUT2D eigenvalue weighted by Gasteiger charge is -2.02. The molecule has 0 saturated heterocycles. The van der Waals surface area contributed by atoms with Gasteiger partial charge in [-0.1, -0.05) is 11.6 Å². The number of halogens is 1. The van der Waals surface area contributed by atoms with Gasteiger partial charge >= 0.3 is 5.97 Å². The van der Waals surface area contributed by atoms with Crippen LogP contribution >= 0.6 is 11.6 Å². The average molecular weight is 250 g/mol. The van der Waals surface area contributed by atoms with Gasteiger partial charge < -0.3 is 5.11 Å². The zero-order valence-electron chi connectivity index (χ0n) is 7.51. The molecular weight excluding hydrogens is 242 g/mol. The largest absolute Gasteiger partial charge is 0.481 e. The number of hydrogen-bond acceptors (Lipinski definition) is 4. The van der Waals surface area contributed by atoms with Gasteiger partial charge in [-0.3, -0.25) is 4.79 Å². The Morgan fingerprint density at radius 2 is 2.20 bits per heavy atom. The van der Waals surface area contributed by atoms with Gasteiger partial charge in [-0.25, -0.2) is 13.4 Å². The van der Waals surface area contributed by atoms with Gasteiger partial charge in [-0.2, -0.15) is 0 Å². The van der Waals surface area contributed by atoms with E-state index >= 15 is 0 Å². The number of hydrogen-bond donors (Lipinski definition) is 2. The van der Waals surface area contributed by atoms with E-state index in [1.165, 1.54) is 12.3 Å². The van der Waals surface area contributed by atoms with Crippen LogP contribution in [-0.2, 0) is 27.7 Å². The Morgan fingerprint density at radius 3 is 2.73 bits per heavy atom. The molecule has 1 rings (SSSR count). The molecule has 0 unspecified atom stereocenters. The van der Waals surface area contributed by atoms with Crippen LogP contribution < -0.4 is 0 Å². The molecule has 0 radical (unpaired) electrons. The van der Waals surface area contributed by atoms with Crippen LogP contribution in [0.3, 0.4) is 0 Å². The maximum atomic E-state index is 10.5. The van der Waals surface area contributed by atoms with Crippen molar-refractivity contribution in [3.63, 3.8) is 0 Å². The second-order valence-electron chi connectivity index (χ2n) is 2.85. The number of thiol groups is 1. The van der Waals surface area contributed by atoms with E-state index in [2.05, 4.69) is 4.98 Å². The van der Waals surface area contributed by atoms with E-state index in [4.69, 9.17) is 16.7 Å². The standard InChI is InChI=1S/C8H8ClNO4S/c9-8-6(4-15(13)14)1-5(3-10-8)2-7(11)12/h1,3,15H,2,4H2,(H,11,12).